The maximum Gasteiger partial charge on any atom is 0.490 e. The van der Waals surface area contributed by atoms with Crippen LogP contribution in [-0.4, -0.2) is 51.7 Å². The number of alkyl halides is 7. The molecule has 0 saturated heterocycles. The summed E-state index contributed by atoms with van der Waals surface area (Å²) < 4.78 is 115. The lowest BCUT2D eigenvalue weighted by atomic mass is 9.49. The van der Waals surface area contributed by atoms with Gasteiger partial charge in [-0.25, -0.2) is 32.3 Å². The molecule has 38 heavy (non-hydrogen) atoms. The minimum Gasteiger partial charge on any atom is -0.475 e. The first-order valence-electron chi connectivity index (χ1n) is 10.7. The van der Waals surface area contributed by atoms with Gasteiger partial charge in [-0.1, -0.05) is 6.07 Å². The summed E-state index contributed by atoms with van der Waals surface area (Å²) in [6.45, 7) is 1.69. The summed E-state index contributed by atoms with van der Waals surface area (Å²) in [4.78, 5) is 16.2. The number of carbonyl (C=O) groups is 1. The number of benzene rings is 1. The van der Waals surface area contributed by atoms with Gasteiger partial charge in [-0.05, 0) is 43.4 Å². The number of anilines is 1. The normalized spacial score (nSPS) is 22.7. The molecule has 1 atom stereocenters. The maximum absolute atomic E-state index is 13.9. The van der Waals surface area contributed by atoms with E-state index in [1.54, 1.807) is 6.92 Å². The van der Waals surface area contributed by atoms with Crippen LogP contribution in [0.4, 0.5) is 36.6 Å². The van der Waals surface area contributed by atoms with Crippen molar-refractivity contribution >= 4 is 27.5 Å². The van der Waals surface area contributed by atoms with E-state index < -0.39 is 51.6 Å². The zero-order valence-electron chi connectivity index (χ0n) is 19.1. The zero-order valence-corrected chi connectivity index (χ0v) is 19.9. The van der Waals surface area contributed by atoms with Gasteiger partial charge < -0.3 is 10.8 Å². The Labute approximate surface area is 209 Å². The van der Waals surface area contributed by atoms with Gasteiger partial charge in [0.1, 0.15) is 6.17 Å². The van der Waals surface area contributed by atoms with Crippen LogP contribution in [0.1, 0.15) is 24.1 Å². The van der Waals surface area contributed by atoms with E-state index in [1.165, 1.54) is 24.4 Å². The van der Waals surface area contributed by atoms with Gasteiger partial charge in [-0.15, -0.1) is 0 Å². The Bertz CT molecular complexity index is 1530. The molecule has 0 radical (unpaired) electrons. The van der Waals surface area contributed by atoms with E-state index in [0.29, 0.717) is 24.0 Å². The molecule has 2 heterocycles. The average molecular weight is 569 g/mol. The van der Waals surface area contributed by atoms with Crippen molar-refractivity contribution in [3.63, 3.8) is 0 Å². The van der Waals surface area contributed by atoms with Crippen molar-refractivity contribution in [1.29, 1.82) is 0 Å². The molecule has 206 valence electrons. The van der Waals surface area contributed by atoms with Crippen molar-refractivity contribution in [1.82, 2.24) is 19.1 Å². The molecule has 0 amide bonds. The predicted octanol–water partition coefficient (Wildman–Crippen LogP) is 3.72. The second-order valence-electron chi connectivity index (χ2n) is 8.96. The van der Waals surface area contributed by atoms with Gasteiger partial charge in [-0.3, -0.25) is 4.40 Å². The Hall–Kier alpha value is -3.47. The Balaban J connectivity index is 0.000000426. The van der Waals surface area contributed by atoms with Crippen LogP contribution in [0, 0.1) is 12.8 Å². The van der Waals surface area contributed by atoms with E-state index in [1.807, 2.05) is 0 Å². The number of nitrogen functional groups attached to an aromatic ring is 1. The summed E-state index contributed by atoms with van der Waals surface area (Å²) in [5.41, 5.74) is 4.61. The third-order valence-corrected chi connectivity index (χ3v) is 7.93. The summed E-state index contributed by atoms with van der Waals surface area (Å²) >= 11 is 0. The number of nitrogens with zero attached hydrogens (tertiary/aromatic N) is 3. The standard InChI is InChI=1S/C19H17F4N5O2S.C2HF3O2/c1-9-2-3-11(31(29,30)27-18-5-10(6-18)15(18)20)4-12(9)13-7-25-17-16(24)26-14(8-28(13)17)19(21,22)23;3-2(4,5)1(6)7/h2-4,7-8,10,15,27H,5-6H2,1H3,(H2,24,26);(H,6,7). The molecule has 3 aliphatic rings. The number of carboxylic acids is 1. The predicted molar refractivity (Wildman–Crippen MR) is 117 cm³/mol. The lowest BCUT2D eigenvalue weighted by molar-refractivity contribution is -0.192. The SMILES string of the molecule is Cc1ccc(S(=O)(=O)NC23CC(C2)C3F)cc1-c1cnc2c(N)nc(C(F)(F)F)cn12.O=C(O)C(F)(F)F. The molecule has 6 rings (SSSR count). The Morgan fingerprint density at radius 1 is 1.21 bits per heavy atom. The largest absolute Gasteiger partial charge is 0.490 e. The molecule has 3 aliphatic carbocycles. The number of nitrogens with two attached hydrogens (primary N) is 1. The summed E-state index contributed by atoms with van der Waals surface area (Å²) in [6.07, 6.45) is -8.00. The highest BCUT2D eigenvalue weighted by Gasteiger charge is 2.68. The topological polar surface area (TPSA) is 140 Å². The van der Waals surface area contributed by atoms with Crippen LogP contribution >= 0.6 is 0 Å². The zero-order chi connectivity index (χ0) is 28.4. The number of nitrogens with one attached hydrogen (secondary N) is 1. The summed E-state index contributed by atoms with van der Waals surface area (Å²) in [7, 11) is -4.03. The number of carboxylic acid groups (broad SMARTS) is 1. The van der Waals surface area contributed by atoms with Gasteiger partial charge in [-0.2, -0.15) is 26.3 Å². The number of hydrogen-bond donors (Lipinski definition) is 3. The molecular formula is C21H18F7N5O4S. The fraction of sp³-hybridized carbons (Fsp3) is 0.381. The molecule has 3 saturated carbocycles. The lowest BCUT2D eigenvalue weighted by Crippen LogP contribution is -2.77. The van der Waals surface area contributed by atoms with E-state index in [4.69, 9.17) is 15.6 Å². The van der Waals surface area contributed by atoms with Crippen molar-refractivity contribution < 1.29 is 49.1 Å². The second-order valence-corrected chi connectivity index (χ2v) is 10.6. The van der Waals surface area contributed by atoms with Gasteiger partial charge >= 0.3 is 18.3 Å². The molecule has 2 aromatic heterocycles. The van der Waals surface area contributed by atoms with Crippen LogP contribution in [-0.2, 0) is 21.0 Å². The highest BCUT2D eigenvalue weighted by molar-refractivity contribution is 7.89. The maximum atomic E-state index is 13.9. The van der Waals surface area contributed by atoms with Crippen molar-refractivity contribution in [3.05, 3.63) is 41.9 Å². The van der Waals surface area contributed by atoms with E-state index in [0.717, 1.165) is 10.6 Å². The average Bonchev–Trinajstić information content (AvgIpc) is 3.20. The third kappa shape index (κ3) is 4.75. The van der Waals surface area contributed by atoms with Crippen molar-refractivity contribution in [3.8, 4) is 11.3 Å². The van der Waals surface area contributed by atoms with Gasteiger partial charge in [0, 0.05) is 11.8 Å². The fourth-order valence-corrected chi connectivity index (χ4v) is 5.75. The number of aryl methyl sites for hydroxylation is 1. The van der Waals surface area contributed by atoms with E-state index in [2.05, 4.69) is 14.7 Å². The summed E-state index contributed by atoms with van der Waals surface area (Å²) in [6, 6.07) is 4.25. The van der Waals surface area contributed by atoms with Crippen LogP contribution in [0.5, 0.6) is 0 Å². The number of sulfonamides is 1. The molecule has 1 aromatic carbocycles. The smallest absolute Gasteiger partial charge is 0.475 e. The van der Waals surface area contributed by atoms with Crippen molar-refractivity contribution in [2.24, 2.45) is 5.92 Å². The molecule has 9 nitrogen and oxygen atoms in total. The number of aliphatic carboxylic acids is 1. The Morgan fingerprint density at radius 3 is 2.29 bits per heavy atom. The monoisotopic (exact) mass is 569 g/mol. The highest BCUT2D eigenvalue weighted by Crippen LogP contribution is 2.59. The van der Waals surface area contributed by atoms with Gasteiger partial charge in [0.2, 0.25) is 10.0 Å². The first-order valence-corrected chi connectivity index (χ1v) is 12.1. The number of imidazole rings is 1. The van der Waals surface area contributed by atoms with Gasteiger partial charge in [0.05, 0.1) is 22.3 Å². The summed E-state index contributed by atoms with van der Waals surface area (Å²) in [5, 5.41) is 7.12. The first kappa shape index (κ1) is 27.6. The number of hydrogen-bond acceptors (Lipinski definition) is 6. The molecule has 4 N–H and O–H groups in total. The molecule has 3 aromatic rings. The molecule has 17 heteroatoms. The molecule has 2 bridgehead atoms. The number of fused-ring (bicyclic) bond motifs is 1. The van der Waals surface area contributed by atoms with Crippen molar-refractivity contribution in [2.45, 2.75) is 48.7 Å². The number of aromatic nitrogens is 3. The van der Waals surface area contributed by atoms with Crippen LogP contribution in [0.2, 0.25) is 0 Å². The minimum absolute atomic E-state index is 0.0166. The fourth-order valence-electron chi connectivity index (χ4n) is 4.30. The van der Waals surface area contributed by atoms with Crippen LogP contribution in [0.3, 0.4) is 0 Å². The molecule has 0 spiro atoms. The lowest BCUT2D eigenvalue weighted by Gasteiger charge is -2.63. The molecule has 0 aliphatic heterocycles. The van der Waals surface area contributed by atoms with Crippen LogP contribution in [0.25, 0.3) is 16.9 Å². The molecular weight excluding hydrogens is 551 g/mol. The number of halogens is 7. The minimum atomic E-state index is -5.08. The second kappa shape index (κ2) is 8.79. The van der Waals surface area contributed by atoms with E-state index in [-0.39, 0.29) is 22.2 Å². The first-order chi connectivity index (χ1) is 17.4. The Kier molecular flexibility index (Phi) is 6.38. The summed E-state index contributed by atoms with van der Waals surface area (Å²) in [5.74, 6) is -3.24. The Morgan fingerprint density at radius 2 is 1.82 bits per heavy atom. The van der Waals surface area contributed by atoms with Crippen molar-refractivity contribution in [2.75, 3.05) is 5.73 Å². The van der Waals surface area contributed by atoms with Gasteiger partial charge in [0.15, 0.2) is 17.2 Å². The van der Waals surface area contributed by atoms with Crippen LogP contribution < -0.4 is 10.5 Å². The third-order valence-electron chi connectivity index (χ3n) is 6.38. The molecule has 3 fully saturated rings. The molecule has 1 unspecified atom stereocenters. The van der Waals surface area contributed by atoms with E-state index >= 15 is 0 Å². The highest BCUT2D eigenvalue weighted by atomic mass is 32.2. The van der Waals surface area contributed by atoms with E-state index in [9.17, 15) is 39.2 Å². The van der Waals surface area contributed by atoms with Crippen LogP contribution in [0.15, 0.2) is 35.5 Å². The number of rotatable bonds is 4. The quantitative estimate of drug-likeness (QED) is 0.407. The van der Waals surface area contributed by atoms with Gasteiger partial charge in [0.25, 0.3) is 0 Å².